The van der Waals surface area contributed by atoms with Crippen molar-refractivity contribution in [3.8, 4) is 11.5 Å². The molecule has 0 atom stereocenters. The highest BCUT2D eigenvalue weighted by molar-refractivity contribution is 5.95. The first-order valence-corrected chi connectivity index (χ1v) is 10.1. The van der Waals surface area contributed by atoms with Gasteiger partial charge in [0, 0.05) is 43.4 Å². The molecular formula is C22H19FN4O4. The SMILES string of the molecule is O=NC1(C(=O)N2CCN(C(=O)c3ccc(-c4nc5ccc(F)cc5o4)cc3)CC2)CC1. The third-order valence-corrected chi connectivity index (χ3v) is 5.88. The average molecular weight is 422 g/mol. The Hall–Kier alpha value is -3.62. The van der Waals surface area contributed by atoms with Gasteiger partial charge in [0.05, 0.1) is 0 Å². The van der Waals surface area contributed by atoms with Crippen LogP contribution in [0.25, 0.3) is 22.6 Å². The number of nitrogens with zero attached hydrogens (tertiary/aromatic N) is 4. The Kier molecular flexibility index (Phi) is 4.53. The van der Waals surface area contributed by atoms with Crippen molar-refractivity contribution >= 4 is 22.9 Å². The van der Waals surface area contributed by atoms with Gasteiger partial charge in [-0.2, -0.15) is 0 Å². The van der Waals surface area contributed by atoms with Gasteiger partial charge in [0.1, 0.15) is 11.3 Å². The summed E-state index contributed by atoms with van der Waals surface area (Å²) < 4.78 is 19.0. The maximum absolute atomic E-state index is 13.3. The summed E-state index contributed by atoms with van der Waals surface area (Å²) in [4.78, 5) is 43.8. The molecule has 2 amide bonds. The van der Waals surface area contributed by atoms with Gasteiger partial charge >= 0.3 is 0 Å². The third kappa shape index (κ3) is 3.45. The van der Waals surface area contributed by atoms with Crippen LogP contribution in [0.5, 0.6) is 0 Å². The van der Waals surface area contributed by atoms with Gasteiger partial charge < -0.3 is 14.2 Å². The maximum atomic E-state index is 13.3. The number of benzene rings is 2. The number of hydrogen-bond donors (Lipinski definition) is 0. The monoisotopic (exact) mass is 422 g/mol. The summed E-state index contributed by atoms with van der Waals surface area (Å²) in [6.45, 7) is 1.58. The Bertz CT molecular complexity index is 1180. The van der Waals surface area contributed by atoms with Crippen LogP contribution in [0.2, 0.25) is 0 Å². The van der Waals surface area contributed by atoms with Crippen LogP contribution in [0.4, 0.5) is 4.39 Å². The van der Waals surface area contributed by atoms with Crippen molar-refractivity contribution in [2.24, 2.45) is 5.18 Å². The summed E-state index contributed by atoms with van der Waals surface area (Å²) in [7, 11) is 0. The van der Waals surface area contributed by atoms with E-state index in [1.54, 1.807) is 40.1 Å². The topological polar surface area (TPSA) is 96.1 Å². The molecule has 0 N–H and O–H groups in total. The van der Waals surface area contributed by atoms with E-state index in [0.29, 0.717) is 67.1 Å². The Labute approximate surface area is 176 Å². The minimum Gasteiger partial charge on any atom is -0.436 e. The summed E-state index contributed by atoms with van der Waals surface area (Å²) in [5.41, 5.74) is 1.05. The minimum atomic E-state index is -1.06. The zero-order valence-electron chi connectivity index (χ0n) is 16.6. The lowest BCUT2D eigenvalue weighted by Gasteiger charge is -2.35. The van der Waals surface area contributed by atoms with E-state index in [1.165, 1.54) is 12.1 Å². The largest absolute Gasteiger partial charge is 0.436 e. The average Bonchev–Trinajstić information content (AvgIpc) is 3.50. The van der Waals surface area contributed by atoms with E-state index in [1.807, 2.05) is 0 Å². The van der Waals surface area contributed by atoms with Gasteiger partial charge in [0.15, 0.2) is 11.1 Å². The van der Waals surface area contributed by atoms with Crippen LogP contribution >= 0.6 is 0 Å². The molecule has 2 heterocycles. The highest BCUT2D eigenvalue weighted by Gasteiger charge is 2.54. The molecule has 158 valence electrons. The van der Waals surface area contributed by atoms with Crippen molar-refractivity contribution in [2.45, 2.75) is 18.4 Å². The van der Waals surface area contributed by atoms with Crippen LogP contribution in [0.15, 0.2) is 52.1 Å². The molecule has 0 radical (unpaired) electrons. The van der Waals surface area contributed by atoms with Crippen molar-refractivity contribution in [1.82, 2.24) is 14.8 Å². The Morgan fingerprint density at radius 3 is 2.32 bits per heavy atom. The van der Waals surface area contributed by atoms with Crippen LogP contribution in [0, 0.1) is 10.7 Å². The first kappa shape index (κ1) is 19.3. The molecule has 2 aromatic carbocycles. The Balaban J connectivity index is 1.25. The highest BCUT2D eigenvalue weighted by atomic mass is 19.1. The predicted molar refractivity (Wildman–Crippen MR) is 110 cm³/mol. The molecule has 1 aliphatic carbocycles. The lowest BCUT2D eigenvalue weighted by Crippen LogP contribution is -2.53. The predicted octanol–water partition coefficient (Wildman–Crippen LogP) is 3.22. The maximum Gasteiger partial charge on any atom is 0.254 e. The van der Waals surface area contributed by atoms with Gasteiger partial charge in [-0.3, -0.25) is 9.59 Å². The summed E-state index contributed by atoms with van der Waals surface area (Å²) >= 11 is 0. The quantitative estimate of drug-likeness (QED) is 0.602. The van der Waals surface area contributed by atoms with E-state index in [-0.39, 0.29) is 11.8 Å². The zero-order chi connectivity index (χ0) is 21.6. The molecule has 31 heavy (non-hydrogen) atoms. The smallest absolute Gasteiger partial charge is 0.254 e. The van der Waals surface area contributed by atoms with E-state index in [4.69, 9.17) is 4.42 Å². The van der Waals surface area contributed by atoms with Gasteiger partial charge in [-0.15, -0.1) is 4.91 Å². The number of hydrogen-bond acceptors (Lipinski definition) is 6. The molecule has 0 bridgehead atoms. The van der Waals surface area contributed by atoms with E-state index in [0.717, 1.165) is 0 Å². The molecule has 1 aliphatic heterocycles. The molecule has 8 nitrogen and oxygen atoms in total. The first-order valence-electron chi connectivity index (χ1n) is 10.1. The molecule has 1 saturated heterocycles. The number of halogens is 1. The Morgan fingerprint density at radius 1 is 1.00 bits per heavy atom. The van der Waals surface area contributed by atoms with E-state index >= 15 is 0 Å². The molecule has 1 saturated carbocycles. The van der Waals surface area contributed by atoms with Gasteiger partial charge in [0.25, 0.3) is 11.8 Å². The van der Waals surface area contributed by atoms with Gasteiger partial charge in [-0.25, -0.2) is 9.37 Å². The third-order valence-electron chi connectivity index (χ3n) is 5.88. The number of oxazole rings is 1. The first-order chi connectivity index (χ1) is 15.0. The normalized spacial score (nSPS) is 17.6. The van der Waals surface area contributed by atoms with Gasteiger partial charge in [-0.1, -0.05) is 5.18 Å². The molecule has 0 unspecified atom stereocenters. The summed E-state index contributed by atoms with van der Waals surface area (Å²) in [5, 5.41) is 3.01. The fourth-order valence-electron chi connectivity index (χ4n) is 3.83. The Morgan fingerprint density at radius 2 is 1.68 bits per heavy atom. The number of aromatic nitrogens is 1. The number of carbonyl (C=O) groups excluding carboxylic acids is 2. The zero-order valence-corrected chi connectivity index (χ0v) is 16.6. The van der Waals surface area contributed by atoms with Crippen molar-refractivity contribution in [1.29, 1.82) is 0 Å². The van der Waals surface area contributed by atoms with Gasteiger partial charge in [-0.05, 0) is 49.2 Å². The van der Waals surface area contributed by atoms with E-state index in [2.05, 4.69) is 10.2 Å². The molecule has 2 aliphatic rings. The molecular weight excluding hydrogens is 403 g/mol. The van der Waals surface area contributed by atoms with Crippen LogP contribution in [0.3, 0.4) is 0 Å². The van der Waals surface area contributed by atoms with Crippen molar-refractivity contribution in [3.63, 3.8) is 0 Å². The number of piperazine rings is 1. The fraction of sp³-hybridized carbons (Fsp3) is 0.318. The lowest BCUT2D eigenvalue weighted by molar-refractivity contribution is -0.135. The number of carbonyl (C=O) groups is 2. The highest BCUT2D eigenvalue weighted by Crippen LogP contribution is 2.41. The van der Waals surface area contributed by atoms with Crippen molar-refractivity contribution in [2.75, 3.05) is 26.2 Å². The summed E-state index contributed by atoms with van der Waals surface area (Å²) in [5.74, 6) is -0.401. The lowest BCUT2D eigenvalue weighted by atomic mass is 10.1. The van der Waals surface area contributed by atoms with Crippen LogP contribution < -0.4 is 0 Å². The summed E-state index contributed by atoms with van der Waals surface area (Å²) in [6, 6.07) is 11.0. The molecule has 1 aromatic heterocycles. The number of nitroso groups, excluding NO2 is 1. The van der Waals surface area contributed by atoms with Crippen molar-refractivity contribution in [3.05, 3.63) is 58.8 Å². The minimum absolute atomic E-state index is 0.132. The number of amides is 2. The second-order valence-electron chi connectivity index (χ2n) is 7.92. The fourth-order valence-corrected chi connectivity index (χ4v) is 3.83. The van der Waals surface area contributed by atoms with Crippen LogP contribution in [-0.2, 0) is 4.79 Å². The van der Waals surface area contributed by atoms with Crippen molar-refractivity contribution < 1.29 is 18.4 Å². The summed E-state index contributed by atoms with van der Waals surface area (Å²) in [6.07, 6.45) is 1.02. The second kappa shape index (κ2) is 7.26. The molecule has 0 spiro atoms. The molecule has 3 aromatic rings. The molecule has 9 heteroatoms. The van der Waals surface area contributed by atoms with E-state index < -0.39 is 11.4 Å². The second-order valence-corrected chi connectivity index (χ2v) is 7.92. The number of fused-ring (bicyclic) bond motifs is 1. The van der Waals surface area contributed by atoms with E-state index in [9.17, 15) is 18.9 Å². The molecule has 2 fully saturated rings. The van der Waals surface area contributed by atoms with Crippen LogP contribution in [-0.4, -0.2) is 58.3 Å². The standard InChI is InChI=1S/C22H19FN4O4/c23-16-5-6-17-18(13-16)31-19(24-17)14-1-3-15(4-2-14)20(28)26-9-11-27(12-10-26)21(29)22(25-30)7-8-22/h1-6,13H,7-12H2. The van der Waals surface area contributed by atoms with Crippen LogP contribution in [0.1, 0.15) is 23.2 Å². The van der Waals surface area contributed by atoms with Gasteiger partial charge in [0.2, 0.25) is 5.89 Å². The number of rotatable bonds is 4. The molecule has 5 rings (SSSR count).